The summed E-state index contributed by atoms with van der Waals surface area (Å²) in [5.74, 6) is -0.252. The van der Waals surface area contributed by atoms with Crippen LogP contribution in [0.5, 0.6) is 0 Å². The smallest absolute Gasteiger partial charge is 0.270 e. The van der Waals surface area contributed by atoms with E-state index in [9.17, 15) is 14.7 Å². The summed E-state index contributed by atoms with van der Waals surface area (Å²) in [6.45, 7) is 0. The number of nitrogens with two attached hydrogens (primary N) is 1. The third-order valence-corrected chi connectivity index (χ3v) is 4.76. The number of aliphatic hydroxyl groups is 1. The minimum atomic E-state index is -0.751. The van der Waals surface area contributed by atoms with Crippen molar-refractivity contribution in [3.8, 4) is 0 Å². The number of carbonyl (C=O) groups excluding carboxylic acids is 2. The number of ether oxygens (including phenoxy) is 1. The van der Waals surface area contributed by atoms with Gasteiger partial charge >= 0.3 is 0 Å². The second-order valence-corrected chi connectivity index (χ2v) is 6.74. The largest absolute Gasteiger partial charge is 0.501 e. The lowest BCUT2D eigenvalue weighted by Crippen LogP contribution is -2.25. The number of nitrogens with zero attached hydrogens (tertiary/aromatic N) is 1. The van der Waals surface area contributed by atoms with Crippen LogP contribution >= 0.6 is 11.3 Å². The van der Waals surface area contributed by atoms with Gasteiger partial charge < -0.3 is 31.5 Å². The lowest BCUT2D eigenvalue weighted by atomic mass is 10.0. The Morgan fingerprint density at radius 3 is 2.81 bits per heavy atom. The van der Waals surface area contributed by atoms with E-state index in [4.69, 9.17) is 10.5 Å². The number of primary amides is 1. The number of rotatable bonds is 6. The third-order valence-electron chi connectivity index (χ3n) is 3.87. The molecule has 0 saturated carbocycles. The van der Waals surface area contributed by atoms with Gasteiger partial charge in [0, 0.05) is 18.2 Å². The highest BCUT2D eigenvalue weighted by molar-refractivity contribution is 7.20. The first-order valence-corrected chi connectivity index (χ1v) is 8.93. The Hall–Kier alpha value is -3.11. The number of dihydropyridines is 1. The van der Waals surface area contributed by atoms with E-state index >= 15 is 0 Å². The molecule has 1 aliphatic heterocycles. The van der Waals surface area contributed by atoms with Gasteiger partial charge in [-0.1, -0.05) is 17.4 Å². The van der Waals surface area contributed by atoms with Crippen molar-refractivity contribution < 1.29 is 19.4 Å². The molecule has 0 fully saturated rings. The van der Waals surface area contributed by atoms with Crippen LogP contribution < -0.4 is 21.7 Å². The Kier molecular flexibility index (Phi) is 5.57. The molecule has 2 amide bonds. The molecule has 2 heterocycles. The Morgan fingerprint density at radius 2 is 2.22 bits per heavy atom. The maximum Gasteiger partial charge on any atom is 0.270 e. The van der Waals surface area contributed by atoms with Gasteiger partial charge in [-0.15, -0.1) is 0 Å². The van der Waals surface area contributed by atoms with Crippen LogP contribution in [0.15, 0.2) is 47.5 Å². The average Bonchev–Trinajstić information content (AvgIpc) is 3.06. The Bertz CT molecular complexity index is 884. The van der Waals surface area contributed by atoms with Crippen LogP contribution in [0, 0.1) is 0 Å². The molecule has 2 aliphatic rings. The zero-order valence-electron chi connectivity index (χ0n) is 14.5. The molecule has 0 saturated heterocycles. The van der Waals surface area contributed by atoms with Gasteiger partial charge in [-0.05, 0) is 24.6 Å². The van der Waals surface area contributed by atoms with Crippen molar-refractivity contribution in [1.29, 1.82) is 0 Å². The molecule has 1 aromatic heterocycles. The number of amides is 2. The molecule has 27 heavy (non-hydrogen) atoms. The van der Waals surface area contributed by atoms with E-state index in [0.29, 0.717) is 29.2 Å². The highest BCUT2D eigenvalue weighted by atomic mass is 32.1. The van der Waals surface area contributed by atoms with Crippen molar-refractivity contribution in [3.05, 3.63) is 53.2 Å². The summed E-state index contributed by atoms with van der Waals surface area (Å²) < 4.78 is 5.15. The summed E-state index contributed by atoms with van der Waals surface area (Å²) in [7, 11) is 1.59. The number of hydrogen-bond donors (Lipinski definition) is 5. The second kappa shape index (κ2) is 8.06. The second-order valence-electron chi connectivity index (χ2n) is 5.74. The highest BCUT2D eigenvalue weighted by Crippen LogP contribution is 2.30. The van der Waals surface area contributed by atoms with Crippen LogP contribution in [-0.2, 0) is 9.53 Å². The summed E-state index contributed by atoms with van der Waals surface area (Å²) in [6.07, 6.45) is 8.63. The van der Waals surface area contributed by atoms with Gasteiger partial charge in [-0.3, -0.25) is 9.59 Å². The fourth-order valence-electron chi connectivity index (χ4n) is 2.46. The molecule has 0 aromatic carbocycles. The number of allylic oxidation sites excluding steroid dienone is 4. The molecule has 0 radical (unpaired) electrons. The molecule has 1 atom stereocenters. The number of aliphatic hydroxyl groups excluding tert-OH is 1. The topological polar surface area (TPSA) is 139 Å². The average molecular weight is 389 g/mol. The molecule has 9 nitrogen and oxygen atoms in total. The molecule has 10 heteroatoms. The van der Waals surface area contributed by atoms with E-state index in [0.717, 1.165) is 17.1 Å². The number of thiazole rings is 1. The summed E-state index contributed by atoms with van der Waals surface area (Å²) in [4.78, 5) is 28.3. The Labute approximate surface area is 159 Å². The van der Waals surface area contributed by atoms with Gasteiger partial charge in [0.25, 0.3) is 11.8 Å². The molecule has 3 rings (SSSR count). The molecule has 142 valence electrons. The van der Waals surface area contributed by atoms with Gasteiger partial charge in [0.15, 0.2) is 10.8 Å². The number of aromatic nitrogens is 1. The van der Waals surface area contributed by atoms with Crippen molar-refractivity contribution in [2.45, 2.75) is 19.1 Å². The van der Waals surface area contributed by atoms with Crippen molar-refractivity contribution in [1.82, 2.24) is 10.3 Å². The van der Waals surface area contributed by atoms with Crippen LogP contribution in [0.1, 0.15) is 23.3 Å². The van der Waals surface area contributed by atoms with Crippen molar-refractivity contribution in [2.24, 2.45) is 5.73 Å². The van der Waals surface area contributed by atoms with Gasteiger partial charge in [0.2, 0.25) is 0 Å². The normalized spacial score (nSPS) is 18.6. The lowest BCUT2D eigenvalue weighted by Gasteiger charge is -2.13. The first kappa shape index (κ1) is 18.7. The fourth-order valence-corrected chi connectivity index (χ4v) is 3.35. The summed E-state index contributed by atoms with van der Waals surface area (Å²) in [5, 5.41) is 18.4. The molecule has 0 bridgehead atoms. The van der Waals surface area contributed by atoms with Crippen LogP contribution in [0.25, 0.3) is 0 Å². The quantitative estimate of drug-likeness (QED) is 0.492. The zero-order chi connectivity index (χ0) is 19.4. The van der Waals surface area contributed by atoms with Crippen LogP contribution in [0.3, 0.4) is 0 Å². The summed E-state index contributed by atoms with van der Waals surface area (Å²) in [6, 6.07) is 0. The van der Waals surface area contributed by atoms with Gasteiger partial charge in [-0.25, -0.2) is 4.98 Å². The molecule has 1 aliphatic carbocycles. The molecule has 1 aromatic rings. The molecule has 6 N–H and O–H groups in total. The SMILES string of the molecule is COC1=CC=C(C(=O)Nc2sc(NC3=CNC(O)C=C3)nc2C(N)=O)CC1. The van der Waals surface area contributed by atoms with Crippen LogP contribution in [-0.4, -0.2) is 35.2 Å². The van der Waals surface area contributed by atoms with Crippen molar-refractivity contribution in [2.75, 3.05) is 17.7 Å². The monoisotopic (exact) mass is 389 g/mol. The predicted octanol–water partition coefficient (Wildman–Crippen LogP) is 1.16. The van der Waals surface area contributed by atoms with Crippen molar-refractivity contribution in [3.63, 3.8) is 0 Å². The number of nitrogens with one attached hydrogen (secondary N) is 3. The highest BCUT2D eigenvalue weighted by Gasteiger charge is 2.21. The predicted molar refractivity (Wildman–Crippen MR) is 102 cm³/mol. The number of carbonyl (C=O) groups is 2. The van der Waals surface area contributed by atoms with E-state index in [1.807, 2.05) is 0 Å². The van der Waals surface area contributed by atoms with Crippen LogP contribution in [0.4, 0.5) is 10.1 Å². The van der Waals surface area contributed by atoms with Crippen molar-refractivity contribution >= 4 is 33.3 Å². The van der Waals surface area contributed by atoms with E-state index in [-0.39, 0.29) is 16.6 Å². The van der Waals surface area contributed by atoms with E-state index < -0.39 is 12.1 Å². The first-order chi connectivity index (χ1) is 13.0. The van der Waals surface area contributed by atoms with Crippen LogP contribution in [0.2, 0.25) is 0 Å². The summed E-state index contributed by atoms with van der Waals surface area (Å²) in [5.41, 5.74) is 6.57. The lowest BCUT2D eigenvalue weighted by molar-refractivity contribution is -0.113. The molecular formula is C17H19N5O4S. The van der Waals surface area contributed by atoms with Gasteiger partial charge in [0.05, 0.1) is 18.6 Å². The Balaban J connectivity index is 1.75. The van der Waals surface area contributed by atoms with Gasteiger partial charge in [-0.2, -0.15) is 0 Å². The first-order valence-electron chi connectivity index (χ1n) is 8.11. The summed E-state index contributed by atoms with van der Waals surface area (Å²) >= 11 is 1.09. The van der Waals surface area contributed by atoms with E-state index in [1.165, 1.54) is 0 Å². The molecule has 0 spiro atoms. The van der Waals surface area contributed by atoms with Gasteiger partial charge in [0.1, 0.15) is 11.2 Å². The Morgan fingerprint density at radius 1 is 1.41 bits per heavy atom. The number of hydrogen-bond acceptors (Lipinski definition) is 8. The van der Waals surface area contributed by atoms with E-state index in [1.54, 1.807) is 37.6 Å². The molecule has 1 unspecified atom stereocenters. The minimum absolute atomic E-state index is 0.0197. The molecular weight excluding hydrogens is 370 g/mol. The minimum Gasteiger partial charge on any atom is -0.501 e. The maximum absolute atomic E-state index is 12.5. The number of anilines is 2. The zero-order valence-corrected chi connectivity index (χ0v) is 15.3. The number of methoxy groups -OCH3 is 1. The standard InChI is InChI=1S/C17H19N5O4S/c1-26-11-5-2-9(3-6-11)15(25)22-16-13(14(18)24)21-17(27-16)20-10-4-7-12(23)19-8-10/h2,4-5,7-8,12,19,23H,3,6H2,1H3,(H2,18,24)(H,20,21)(H,22,25). The fraction of sp³-hybridized carbons (Fsp3) is 0.235. The maximum atomic E-state index is 12.5. The third kappa shape index (κ3) is 4.54. The van der Waals surface area contributed by atoms with E-state index in [2.05, 4.69) is 20.9 Å².